The number of hydrogen-bond acceptors (Lipinski definition) is 7. The van der Waals surface area contributed by atoms with Crippen LogP contribution in [0.25, 0.3) is 11.3 Å². The standard InChI is InChI=1S/C24H24F2N8O/c25-24(26)14-32(15-24)18-8-10-34-21(12-18)30-23(31-34)29-17-5-4-16(11-17)28-20-7-6-19(13-27-20)33-9-2-1-3-22(33)35/h1-3,6-10,12-13,16-17H,4-5,11,14-15H2,(H,27,28)(H,29,31)/t16-,17-/m0/s1. The quantitative estimate of drug-likeness (QED) is 0.440. The Kier molecular flexibility index (Phi) is 5.12. The summed E-state index contributed by atoms with van der Waals surface area (Å²) in [4.78, 5) is 22.6. The lowest BCUT2D eigenvalue weighted by atomic mass is 10.1. The largest absolute Gasteiger partial charge is 0.367 e. The van der Waals surface area contributed by atoms with Crippen LogP contribution >= 0.6 is 0 Å². The van der Waals surface area contributed by atoms with Crippen molar-refractivity contribution in [3.05, 3.63) is 71.4 Å². The number of aromatic nitrogens is 5. The predicted molar refractivity (Wildman–Crippen MR) is 129 cm³/mol. The Balaban J connectivity index is 1.06. The van der Waals surface area contributed by atoms with Crippen molar-refractivity contribution in [2.75, 3.05) is 28.6 Å². The molecule has 1 aliphatic heterocycles. The molecule has 0 radical (unpaired) electrons. The Morgan fingerprint density at radius 3 is 2.54 bits per heavy atom. The lowest BCUT2D eigenvalue weighted by molar-refractivity contribution is -0.0262. The first-order chi connectivity index (χ1) is 16.9. The summed E-state index contributed by atoms with van der Waals surface area (Å²) in [6.45, 7) is -0.525. The van der Waals surface area contributed by atoms with Crippen LogP contribution in [0, 0.1) is 0 Å². The molecule has 0 bridgehead atoms. The third-order valence-corrected chi connectivity index (χ3v) is 6.50. The molecule has 180 valence electrons. The first kappa shape index (κ1) is 21.5. The highest BCUT2D eigenvalue weighted by Crippen LogP contribution is 2.32. The second-order valence-corrected chi connectivity index (χ2v) is 9.14. The Morgan fingerprint density at radius 1 is 0.971 bits per heavy atom. The highest BCUT2D eigenvalue weighted by Gasteiger charge is 2.44. The zero-order valence-electron chi connectivity index (χ0n) is 18.8. The molecular formula is C24H24F2N8O. The van der Waals surface area contributed by atoms with Crippen LogP contribution in [0.3, 0.4) is 0 Å². The molecule has 0 unspecified atom stereocenters. The molecule has 0 spiro atoms. The number of nitrogens with zero attached hydrogens (tertiary/aromatic N) is 6. The van der Waals surface area contributed by atoms with Crippen LogP contribution in [-0.4, -0.2) is 55.2 Å². The van der Waals surface area contributed by atoms with Gasteiger partial charge in [0.2, 0.25) is 5.95 Å². The monoisotopic (exact) mass is 478 g/mol. The Hall–Kier alpha value is -4.02. The molecule has 2 aliphatic rings. The van der Waals surface area contributed by atoms with Crippen LogP contribution in [0.5, 0.6) is 0 Å². The van der Waals surface area contributed by atoms with Gasteiger partial charge in [0.05, 0.1) is 25.0 Å². The van der Waals surface area contributed by atoms with Crippen LogP contribution in [0.4, 0.5) is 26.2 Å². The number of halogens is 2. The summed E-state index contributed by atoms with van der Waals surface area (Å²) < 4.78 is 29.6. The van der Waals surface area contributed by atoms with Gasteiger partial charge >= 0.3 is 0 Å². The lowest BCUT2D eigenvalue weighted by Crippen LogP contribution is -2.56. The maximum Gasteiger partial charge on any atom is 0.282 e. The molecule has 0 aromatic carbocycles. The normalized spacial score (nSPS) is 21.1. The maximum atomic E-state index is 13.2. The second kappa shape index (κ2) is 8.33. The van der Waals surface area contributed by atoms with Crippen molar-refractivity contribution >= 4 is 23.1 Å². The van der Waals surface area contributed by atoms with Gasteiger partial charge in [-0.2, -0.15) is 4.98 Å². The SMILES string of the molecule is O=c1ccccn1-c1ccc(N[C@H]2CC[C@H](Nc3nc4cc(N5CC(F)(F)C5)ccn4n3)C2)nc1. The summed E-state index contributed by atoms with van der Waals surface area (Å²) in [7, 11) is 0. The van der Waals surface area contributed by atoms with Crippen molar-refractivity contribution < 1.29 is 8.78 Å². The molecule has 4 aromatic rings. The molecule has 6 rings (SSSR count). The van der Waals surface area contributed by atoms with Gasteiger partial charge in [-0.15, -0.1) is 5.10 Å². The third-order valence-electron chi connectivity index (χ3n) is 6.50. The highest BCUT2D eigenvalue weighted by atomic mass is 19.3. The van der Waals surface area contributed by atoms with Crippen molar-refractivity contribution in [2.24, 2.45) is 0 Å². The Bertz CT molecular complexity index is 1410. The number of nitrogens with one attached hydrogen (secondary N) is 2. The van der Waals surface area contributed by atoms with E-state index in [1.54, 1.807) is 50.8 Å². The zero-order valence-corrected chi connectivity index (χ0v) is 18.8. The van der Waals surface area contributed by atoms with E-state index in [2.05, 4.69) is 25.7 Å². The molecule has 2 fully saturated rings. The molecule has 5 heterocycles. The molecular weight excluding hydrogens is 454 g/mol. The van der Waals surface area contributed by atoms with Gasteiger partial charge < -0.3 is 15.5 Å². The minimum absolute atomic E-state index is 0.0985. The van der Waals surface area contributed by atoms with E-state index in [0.29, 0.717) is 11.6 Å². The Labute approximate surface area is 199 Å². The maximum absolute atomic E-state index is 13.2. The summed E-state index contributed by atoms with van der Waals surface area (Å²) in [6, 6.07) is 12.8. The molecule has 11 heteroatoms. The molecule has 9 nitrogen and oxygen atoms in total. The first-order valence-corrected chi connectivity index (χ1v) is 11.6. The highest BCUT2D eigenvalue weighted by molar-refractivity contribution is 5.59. The lowest BCUT2D eigenvalue weighted by Gasteiger charge is -2.40. The van der Waals surface area contributed by atoms with Crippen molar-refractivity contribution in [1.82, 2.24) is 24.1 Å². The average Bonchev–Trinajstić information content (AvgIpc) is 3.44. The van der Waals surface area contributed by atoms with Crippen molar-refractivity contribution in [2.45, 2.75) is 37.3 Å². The number of pyridine rings is 3. The van der Waals surface area contributed by atoms with Gasteiger partial charge in [0.15, 0.2) is 5.65 Å². The predicted octanol–water partition coefficient (Wildman–Crippen LogP) is 3.18. The van der Waals surface area contributed by atoms with E-state index in [0.717, 1.165) is 36.5 Å². The van der Waals surface area contributed by atoms with Gasteiger partial charge in [-0.1, -0.05) is 6.07 Å². The Morgan fingerprint density at radius 2 is 1.80 bits per heavy atom. The van der Waals surface area contributed by atoms with Crippen molar-refractivity contribution in [3.63, 3.8) is 0 Å². The zero-order chi connectivity index (χ0) is 24.0. The van der Waals surface area contributed by atoms with E-state index >= 15 is 0 Å². The number of hydrogen-bond donors (Lipinski definition) is 2. The summed E-state index contributed by atoms with van der Waals surface area (Å²) in [5, 5.41) is 11.3. The fourth-order valence-corrected chi connectivity index (χ4v) is 4.71. The first-order valence-electron chi connectivity index (χ1n) is 11.6. The number of anilines is 3. The molecule has 35 heavy (non-hydrogen) atoms. The van der Waals surface area contributed by atoms with Gasteiger partial charge in [0.25, 0.3) is 11.5 Å². The fourth-order valence-electron chi connectivity index (χ4n) is 4.71. The van der Waals surface area contributed by atoms with E-state index < -0.39 is 5.92 Å². The van der Waals surface area contributed by atoms with Gasteiger partial charge in [-0.05, 0) is 43.5 Å². The smallest absolute Gasteiger partial charge is 0.282 e. The van der Waals surface area contributed by atoms with Crippen molar-refractivity contribution in [3.8, 4) is 5.69 Å². The summed E-state index contributed by atoms with van der Waals surface area (Å²) >= 11 is 0. The van der Waals surface area contributed by atoms with Gasteiger partial charge in [0, 0.05) is 42.3 Å². The van der Waals surface area contributed by atoms with Crippen LogP contribution < -0.4 is 21.1 Å². The van der Waals surface area contributed by atoms with E-state index in [9.17, 15) is 13.6 Å². The average molecular weight is 479 g/mol. The summed E-state index contributed by atoms with van der Waals surface area (Å²) in [6.07, 6.45) is 7.96. The molecule has 4 aromatic heterocycles. The minimum Gasteiger partial charge on any atom is -0.367 e. The molecule has 0 amide bonds. The van der Waals surface area contributed by atoms with E-state index in [4.69, 9.17) is 0 Å². The number of fused-ring (bicyclic) bond motifs is 1. The van der Waals surface area contributed by atoms with E-state index in [-0.39, 0.29) is 30.7 Å². The van der Waals surface area contributed by atoms with Gasteiger partial charge in [0.1, 0.15) is 5.82 Å². The minimum atomic E-state index is -2.61. The van der Waals surface area contributed by atoms with Gasteiger partial charge in [-0.3, -0.25) is 9.36 Å². The van der Waals surface area contributed by atoms with Crippen molar-refractivity contribution in [1.29, 1.82) is 0 Å². The molecule has 1 saturated carbocycles. The summed E-state index contributed by atoms with van der Waals surface area (Å²) in [5.74, 6) is -1.32. The van der Waals surface area contributed by atoms with E-state index in [1.807, 2.05) is 18.2 Å². The van der Waals surface area contributed by atoms with Crippen LogP contribution in [-0.2, 0) is 0 Å². The van der Waals surface area contributed by atoms with Gasteiger partial charge in [-0.25, -0.2) is 18.3 Å². The molecule has 2 atom stereocenters. The topological polar surface area (TPSA) is 92.4 Å². The summed E-state index contributed by atoms with van der Waals surface area (Å²) in [5.41, 5.74) is 1.97. The van der Waals surface area contributed by atoms with Crippen LogP contribution in [0.1, 0.15) is 19.3 Å². The second-order valence-electron chi connectivity index (χ2n) is 9.14. The van der Waals surface area contributed by atoms with Crippen LogP contribution in [0.2, 0.25) is 0 Å². The number of alkyl halides is 2. The molecule has 1 saturated heterocycles. The van der Waals surface area contributed by atoms with Crippen LogP contribution in [0.15, 0.2) is 65.8 Å². The number of rotatable bonds is 6. The van der Waals surface area contributed by atoms with E-state index in [1.165, 1.54) is 6.07 Å². The third kappa shape index (κ3) is 4.41. The fraction of sp³-hybridized carbons (Fsp3) is 0.333. The molecule has 1 aliphatic carbocycles. The molecule has 2 N–H and O–H groups in total.